The van der Waals surface area contributed by atoms with Crippen LogP contribution in [0.3, 0.4) is 0 Å². The number of likely N-dealkylation sites (N-methyl/N-ethyl adjacent to an activating group) is 1. The first-order valence-corrected chi connectivity index (χ1v) is 14.6. The lowest BCUT2D eigenvalue weighted by Crippen LogP contribution is -2.53. The smallest absolute Gasteiger partial charge is 0.312 e. The molecule has 1 heterocycles. The van der Waals surface area contributed by atoms with Crippen molar-refractivity contribution in [2.75, 3.05) is 20.1 Å². The van der Waals surface area contributed by atoms with E-state index in [1.54, 1.807) is 4.90 Å². The van der Waals surface area contributed by atoms with Crippen LogP contribution in [-0.4, -0.2) is 48.7 Å². The minimum Gasteiger partial charge on any atom is -0.312 e. The van der Waals surface area contributed by atoms with Crippen LogP contribution in [0.5, 0.6) is 0 Å². The second-order valence-electron chi connectivity index (χ2n) is 14.5. The van der Waals surface area contributed by atoms with E-state index in [1.165, 1.54) is 32.1 Å². The van der Waals surface area contributed by atoms with Gasteiger partial charge in [-0.15, -0.1) is 0 Å². The van der Waals surface area contributed by atoms with E-state index in [-0.39, 0.29) is 16.9 Å². The van der Waals surface area contributed by atoms with Crippen LogP contribution in [-0.2, 0) is 9.63 Å². The third-order valence-electron chi connectivity index (χ3n) is 11.7. The first-order chi connectivity index (χ1) is 16.9. The SMILES string of the molecule is C/C(=N\OC(=O)N(C)CC1CC(C)(C)CN1)[C@H]1CC[C@H]2[C@@H]3CC[C@H]4CC(=O)CC[C@]4(C)[C@H]3CC[C@]12C. The normalized spacial score (nSPS) is 43.9. The number of nitrogens with one attached hydrogen (secondary N) is 1. The highest BCUT2D eigenvalue weighted by atomic mass is 16.7. The highest BCUT2D eigenvalue weighted by Crippen LogP contribution is 2.67. The Morgan fingerprint density at radius 3 is 2.53 bits per heavy atom. The molecule has 0 aromatic heterocycles. The van der Waals surface area contributed by atoms with E-state index in [1.807, 2.05) is 7.05 Å². The predicted octanol–water partition coefficient (Wildman–Crippen LogP) is 6.05. The zero-order valence-electron chi connectivity index (χ0n) is 23.6. The Morgan fingerprint density at radius 2 is 1.81 bits per heavy atom. The number of hydrogen-bond donors (Lipinski definition) is 1. The number of fused-ring (bicyclic) bond motifs is 5. The largest absolute Gasteiger partial charge is 0.435 e. The maximum atomic E-state index is 12.7. The first kappa shape index (κ1) is 26.2. The lowest BCUT2D eigenvalue weighted by atomic mass is 9.44. The van der Waals surface area contributed by atoms with Crippen LogP contribution in [0.25, 0.3) is 0 Å². The van der Waals surface area contributed by atoms with Crippen LogP contribution < -0.4 is 5.32 Å². The fourth-order valence-corrected chi connectivity index (χ4v) is 9.74. The summed E-state index contributed by atoms with van der Waals surface area (Å²) in [6.45, 7) is 13.2. The molecule has 1 amide bonds. The quantitative estimate of drug-likeness (QED) is 0.290. The zero-order valence-corrected chi connectivity index (χ0v) is 23.6. The summed E-state index contributed by atoms with van der Waals surface area (Å²) in [6.07, 6.45) is 10.8. The van der Waals surface area contributed by atoms with E-state index in [2.05, 4.69) is 45.1 Å². The van der Waals surface area contributed by atoms with Crippen molar-refractivity contribution in [2.24, 2.45) is 51.0 Å². The van der Waals surface area contributed by atoms with Crippen molar-refractivity contribution < 1.29 is 14.4 Å². The molecule has 4 saturated carbocycles. The third-order valence-corrected chi connectivity index (χ3v) is 11.7. The number of rotatable bonds is 4. The van der Waals surface area contributed by atoms with Gasteiger partial charge in [0.15, 0.2) is 0 Å². The molecule has 202 valence electrons. The monoisotopic (exact) mass is 499 g/mol. The summed E-state index contributed by atoms with van der Waals surface area (Å²) in [7, 11) is 1.81. The highest BCUT2D eigenvalue weighted by Gasteiger charge is 2.60. The van der Waals surface area contributed by atoms with Gasteiger partial charge in [0, 0.05) is 44.9 Å². The summed E-state index contributed by atoms with van der Waals surface area (Å²) in [4.78, 5) is 32.0. The van der Waals surface area contributed by atoms with Gasteiger partial charge in [0.05, 0.1) is 5.71 Å². The molecule has 1 saturated heterocycles. The molecule has 6 heteroatoms. The highest BCUT2D eigenvalue weighted by molar-refractivity contribution is 5.85. The molecule has 8 atom stereocenters. The van der Waals surface area contributed by atoms with Gasteiger partial charge in [-0.1, -0.05) is 32.9 Å². The van der Waals surface area contributed by atoms with Crippen molar-refractivity contribution in [3.05, 3.63) is 0 Å². The molecule has 5 aliphatic rings. The van der Waals surface area contributed by atoms with Crippen LogP contribution in [0.15, 0.2) is 5.16 Å². The lowest BCUT2D eigenvalue weighted by Gasteiger charge is -2.60. The summed E-state index contributed by atoms with van der Waals surface area (Å²) in [5.74, 6) is 3.74. The summed E-state index contributed by atoms with van der Waals surface area (Å²) < 4.78 is 0. The van der Waals surface area contributed by atoms with E-state index in [9.17, 15) is 9.59 Å². The van der Waals surface area contributed by atoms with Crippen LogP contribution in [0.2, 0.25) is 0 Å². The fraction of sp³-hybridized carbons (Fsp3) is 0.900. The minimum atomic E-state index is -0.359. The molecule has 1 unspecified atom stereocenters. The second-order valence-corrected chi connectivity index (χ2v) is 14.5. The molecule has 36 heavy (non-hydrogen) atoms. The molecule has 0 radical (unpaired) electrons. The van der Waals surface area contributed by atoms with Gasteiger partial charge in [0.1, 0.15) is 5.78 Å². The number of carbonyl (C=O) groups is 2. The molecule has 5 rings (SSSR count). The minimum absolute atomic E-state index is 0.236. The van der Waals surface area contributed by atoms with E-state index in [0.717, 1.165) is 62.1 Å². The van der Waals surface area contributed by atoms with Crippen molar-refractivity contribution >= 4 is 17.6 Å². The molecule has 1 N–H and O–H groups in total. The lowest BCUT2D eigenvalue weighted by molar-refractivity contribution is -0.138. The van der Waals surface area contributed by atoms with Crippen molar-refractivity contribution in [1.82, 2.24) is 10.2 Å². The standard InChI is InChI=1S/C30H49N3O3/c1-19(32-36-27(35)33(6)17-21-16-28(2,3)18-31-21)24-9-10-25-23-8-7-20-15-22(34)11-13-29(20,4)26(23)12-14-30(24,25)5/h20-21,23-26,31H,7-18H2,1-6H3/b32-19+/t20-,21?,23-,24+,25-,26-,29-,30+/m0/s1. The Kier molecular flexibility index (Phi) is 6.83. The Morgan fingerprint density at radius 1 is 1.06 bits per heavy atom. The number of nitrogens with zero attached hydrogens (tertiary/aromatic N) is 2. The average Bonchev–Trinajstić information content (AvgIpc) is 3.35. The number of hydrogen-bond acceptors (Lipinski definition) is 5. The second kappa shape index (κ2) is 9.39. The molecule has 6 nitrogen and oxygen atoms in total. The average molecular weight is 500 g/mol. The molecule has 0 aromatic rings. The fourth-order valence-electron chi connectivity index (χ4n) is 9.74. The maximum Gasteiger partial charge on any atom is 0.435 e. The summed E-state index contributed by atoms with van der Waals surface area (Å²) >= 11 is 0. The zero-order chi connectivity index (χ0) is 25.9. The van der Waals surface area contributed by atoms with Gasteiger partial charge in [-0.2, -0.15) is 0 Å². The van der Waals surface area contributed by atoms with Gasteiger partial charge in [-0.05, 0) is 98.2 Å². The van der Waals surface area contributed by atoms with Crippen molar-refractivity contribution in [3.63, 3.8) is 0 Å². The van der Waals surface area contributed by atoms with Gasteiger partial charge in [-0.25, -0.2) is 4.79 Å². The van der Waals surface area contributed by atoms with Gasteiger partial charge in [0.25, 0.3) is 0 Å². The molecule has 0 aromatic carbocycles. The van der Waals surface area contributed by atoms with Gasteiger partial charge in [0.2, 0.25) is 0 Å². The van der Waals surface area contributed by atoms with Crippen molar-refractivity contribution in [3.8, 4) is 0 Å². The molecule has 0 bridgehead atoms. The van der Waals surface area contributed by atoms with Crippen LogP contribution in [0.4, 0.5) is 4.79 Å². The van der Waals surface area contributed by atoms with Gasteiger partial charge >= 0.3 is 6.09 Å². The third kappa shape index (κ3) is 4.54. The van der Waals surface area contributed by atoms with Crippen LogP contribution in [0.1, 0.15) is 98.8 Å². The van der Waals surface area contributed by atoms with E-state index >= 15 is 0 Å². The van der Waals surface area contributed by atoms with Gasteiger partial charge < -0.3 is 10.2 Å². The Balaban J connectivity index is 1.21. The number of oxime groups is 1. The number of carbonyl (C=O) groups excluding carboxylic acids is 2. The maximum absolute atomic E-state index is 12.7. The van der Waals surface area contributed by atoms with E-state index < -0.39 is 0 Å². The Hall–Kier alpha value is -1.43. The number of Topliss-reactive ketones (excluding diaryl/α,β-unsaturated/α-hetero) is 1. The summed E-state index contributed by atoms with van der Waals surface area (Å²) in [5.41, 5.74) is 1.86. The Labute approximate surface area is 218 Å². The molecule has 5 fully saturated rings. The Bertz CT molecular complexity index is 915. The number of ketones is 1. The molecule has 0 spiro atoms. The predicted molar refractivity (Wildman–Crippen MR) is 143 cm³/mol. The molecule has 1 aliphatic heterocycles. The number of amides is 1. The van der Waals surface area contributed by atoms with Crippen LogP contribution in [0, 0.1) is 45.8 Å². The first-order valence-electron chi connectivity index (χ1n) is 14.6. The van der Waals surface area contributed by atoms with Crippen molar-refractivity contribution in [2.45, 2.75) is 105 Å². The molecular formula is C30H49N3O3. The molecular weight excluding hydrogens is 450 g/mol. The van der Waals surface area contributed by atoms with E-state index in [0.29, 0.717) is 35.6 Å². The summed E-state index contributed by atoms with van der Waals surface area (Å²) in [6, 6.07) is 0.312. The topological polar surface area (TPSA) is 71.0 Å². The molecule has 4 aliphatic carbocycles. The summed E-state index contributed by atoms with van der Waals surface area (Å²) in [5, 5.41) is 7.95. The van der Waals surface area contributed by atoms with Crippen molar-refractivity contribution in [1.29, 1.82) is 0 Å². The van der Waals surface area contributed by atoms with Crippen LogP contribution >= 0.6 is 0 Å². The van der Waals surface area contributed by atoms with Gasteiger partial charge in [-0.3, -0.25) is 9.63 Å². The van der Waals surface area contributed by atoms with E-state index in [4.69, 9.17) is 4.84 Å².